The third kappa shape index (κ3) is 2.15. The number of benzene rings is 1. The van der Waals surface area contributed by atoms with Gasteiger partial charge in [-0.1, -0.05) is 33.6 Å². The maximum Gasteiger partial charge on any atom is 0.00913 e. The quantitative estimate of drug-likeness (QED) is 0.692. The van der Waals surface area contributed by atoms with Crippen molar-refractivity contribution in [3.05, 3.63) is 34.4 Å². The summed E-state index contributed by atoms with van der Waals surface area (Å²) in [5.74, 6) is 2.13. The van der Waals surface area contributed by atoms with Crippen molar-refractivity contribution in [2.24, 2.45) is 17.3 Å². The molecule has 0 radical (unpaired) electrons. The fraction of sp³-hybridized carbons (Fsp3) is 0.647. The van der Waals surface area contributed by atoms with Crippen LogP contribution in [0.3, 0.4) is 0 Å². The van der Waals surface area contributed by atoms with E-state index in [2.05, 4.69) is 48.8 Å². The van der Waals surface area contributed by atoms with Crippen LogP contribution in [0.25, 0.3) is 0 Å². The summed E-state index contributed by atoms with van der Waals surface area (Å²) in [7, 11) is 0. The van der Waals surface area contributed by atoms with Crippen molar-refractivity contribution in [3.63, 3.8) is 0 Å². The molecule has 1 aromatic carbocycles. The lowest BCUT2D eigenvalue weighted by molar-refractivity contribution is 0.307. The van der Waals surface area contributed by atoms with Gasteiger partial charge >= 0.3 is 0 Å². The van der Waals surface area contributed by atoms with Crippen LogP contribution in [0.5, 0.6) is 0 Å². The normalized spacial score (nSPS) is 33.6. The summed E-state index contributed by atoms with van der Waals surface area (Å²) in [4.78, 5) is 0. The molecule has 0 saturated heterocycles. The number of halogens is 1. The summed E-state index contributed by atoms with van der Waals surface area (Å²) in [6, 6.07) is 4.69. The fourth-order valence-electron chi connectivity index (χ4n) is 4.17. The highest BCUT2D eigenvalue weighted by molar-refractivity contribution is 9.09. The molecule has 0 nitrogen and oxygen atoms in total. The minimum atomic E-state index is 0.554. The summed E-state index contributed by atoms with van der Waals surface area (Å²) < 4.78 is 0. The van der Waals surface area contributed by atoms with Crippen molar-refractivity contribution in [2.45, 2.75) is 46.5 Å². The molecule has 0 heterocycles. The fourth-order valence-corrected chi connectivity index (χ4v) is 4.83. The Balaban J connectivity index is 1.87. The van der Waals surface area contributed by atoms with Gasteiger partial charge in [0, 0.05) is 5.33 Å². The average molecular weight is 307 g/mol. The Morgan fingerprint density at radius 1 is 1.11 bits per heavy atom. The van der Waals surface area contributed by atoms with Gasteiger partial charge < -0.3 is 0 Å². The highest BCUT2D eigenvalue weighted by atomic mass is 79.9. The third-order valence-electron chi connectivity index (χ3n) is 5.14. The van der Waals surface area contributed by atoms with E-state index >= 15 is 0 Å². The van der Waals surface area contributed by atoms with Crippen LogP contribution in [0.4, 0.5) is 0 Å². The molecule has 2 saturated carbocycles. The van der Waals surface area contributed by atoms with Gasteiger partial charge in [0.15, 0.2) is 0 Å². The van der Waals surface area contributed by atoms with Crippen LogP contribution in [-0.2, 0) is 6.42 Å². The molecule has 18 heavy (non-hydrogen) atoms. The number of fused-ring (bicyclic) bond motifs is 1. The molecular formula is C17H23Br. The zero-order valence-corrected chi connectivity index (χ0v) is 13.3. The Bertz CT molecular complexity index is 441. The second-order valence-corrected chi connectivity index (χ2v) is 7.41. The highest BCUT2D eigenvalue weighted by Gasteiger charge is 2.53. The Morgan fingerprint density at radius 2 is 1.67 bits per heavy atom. The van der Waals surface area contributed by atoms with Crippen molar-refractivity contribution >= 4 is 15.9 Å². The number of hydrogen-bond donors (Lipinski definition) is 0. The van der Waals surface area contributed by atoms with E-state index < -0.39 is 0 Å². The van der Waals surface area contributed by atoms with Gasteiger partial charge in [-0.05, 0) is 80.4 Å². The number of hydrogen-bond acceptors (Lipinski definition) is 0. The molecule has 2 aliphatic carbocycles. The predicted octanol–water partition coefficient (Wildman–Crippen LogP) is 4.97. The maximum atomic E-state index is 3.80. The maximum absolute atomic E-state index is 3.80. The van der Waals surface area contributed by atoms with E-state index in [0.717, 1.165) is 11.8 Å². The van der Waals surface area contributed by atoms with E-state index in [1.54, 1.807) is 5.56 Å². The van der Waals surface area contributed by atoms with Crippen LogP contribution < -0.4 is 0 Å². The van der Waals surface area contributed by atoms with Crippen LogP contribution in [-0.4, -0.2) is 5.33 Å². The minimum absolute atomic E-state index is 0.554. The average Bonchev–Trinajstić information content (AvgIpc) is 2.92. The van der Waals surface area contributed by atoms with Gasteiger partial charge in [-0.2, -0.15) is 0 Å². The molecule has 0 bridgehead atoms. The number of alkyl halides is 1. The van der Waals surface area contributed by atoms with Gasteiger partial charge in [-0.3, -0.25) is 0 Å². The first kappa shape index (κ1) is 12.7. The second-order valence-electron chi connectivity index (χ2n) is 6.85. The van der Waals surface area contributed by atoms with Crippen LogP contribution in [0.1, 0.15) is 41.5 Å². The van der Waals surface area contributed by atoms with Gasteiger partial charge in [0.25, 0.3) is 0 Å². The molecule has 0 aromatic heterocycles. The van der Waals surface area contributed by atoms with E-state index in [1.165, 1.54) is 47.7 Å². The smallest absolute Gasteiger partial charge is 0.00913 e. The van der Waals surface area contributed by atoms with Crippen molar-refractivity contribution in [1.82, 2.24) is 0 Å². The molecule has 0 N–H and O–H groups in total. The van der Waals surface area contributed by atoms with Crippen molar-refractivity contribution in [1.29, 1.82) is 0 Å². The molecule has 0 spiro atoms. The van der Waals surface area contributed by atoms with Crippen LogP contribution in [0.2, 0.25) is 0 Å². The van der Waals surface area contributed by atoms with Crippen LogP contribution in [0.15, 0.2) is 12.1 Å². The molecule has 2 aliphatic rings. The van der Waals surface area contributed by atoms with Crippen molar-refractivity contribution in [3.8, 4) is 0 Å². The molecule has 98 valence electrons. The minimum Gasteiger partial charge on any atom is -0.0922 e. The van der Waals surface area contributed by atoms with Crippen LogP contribution >= 0.6 is 15.9 Å². The second kappa shape index (κ2) is 4.37. The Morgan fingerprint density at radius 3 is 2.17 bits per heavy atom. The highest BCUT2D eigenvalue weighted by Crippen LogP contribution is 2.61. The lowest BCUT2D eigenvalue weighted by atomic mass is 9.77. The van der Waals surface area contributed by atoms with E-state index in [-0.39, 0.29) is 0 Å². The molecule has 1 heteroatoms. The molecule has 0 amide bonds. The van der Waals surface area contributed by atoms with Crippen molar-refractivity contribution in [2.75, 3.05) is 5.33 Å². The number of aryl methyl sites for hydroxylation is 3. The van der Waals surface area contributed by atoms with E-state index in [0.29, 0.717) is 5.41 Å². The summed E-state index contributed by atoms with van der Waals surface area (Å²) in [5.41, 5.74) is 6.55. The predicted molar refractivity (Wildman–Crippen MR) is 81.4 cm³/mol. The molecular weight excluding hydrogens is 284 g/mol. The first-order valence-corrected chi connectivity index (χ1v) is 8.28. The summed E-state index contributed by atoms with van der Waals surface area (Å²) in [5, 5.41) is 1.18. The SMILES string of the molecule is Cc1cc(C)c(CC2(CBr)CC3CC3C2)c(C)c1. The molecule has 0 aliphatic heterocycles. The van der Waals surface area contributed by atoms with Gasteiger partial charge in [0.1, 0.15) is 0 Å². The lowest BCUT2D eigenvalue weighted by Gasteiger charge is -2.30. The number of rotatable bonds is 3. The Labute approximate surface area is 119 Å². The Hall–Kier alpha value is -0.300. The first-order valence-electron chi connectivity index (χ1n) is 7.16. The van der Waals surface area contributed by atoms with Crippen LogP contribution in [0, 0.1) is 38.0 Å². The van der Waals surface area contributed by atoms with Gasteiger partial charge in [-0.25, -0.2) is 0 Å². The molecule has 2 atom stereocenters. The molecule has 2 unspecified atom stereocenters. The first-order chi connectivity index (χ1) is 8.53. The van der Waals surface area contributed by atoms with Gasteiger partial charge in [0.05, 0.1) is 0 Å². The summed E-state index contributed by atoms with van der Waals surface area (Å²) in [6.45, 7) is 6.77. The summed E-state index contributed by atoms with van der Waals surface area (Å²) in [6.07, 6.45) is 5.70. The largest absolute Gasteiger partial charge is 0.0922 e. The van der Waals surface area contributed by atoms with Gasteiger partial charge in [0.2, 0.25) is 0 Å². The molecule has 3 rings (SSSR count). The summed E-state index contributed by atoms with van der Waals surface area (Å²) >= 11 is 3.80. The van der Waals surface area contributed by atoms with Crippen molar-refractivity contribution < 1.29 is 0 Å². The van der Waals surface area contributed by atoms with E-state index in [1.807, 2.05) is 0 Å². The zero-order chi connectivity index (χ0) is 12.9. The Kier molecular flexibility index (Phi) is 3.09. The van der Waals surface area contributed by atoms with E-state index in [4.69, 9.17) is 0 Å². The molecule has 2 fully saturated rings. The lowest BCUT2D eigenvalue weighted by Crippen LogP contribution is -2.24. The van der Waals surface area contributed by atoms with E-state index in [9.17, 15) is 0 Å². The monoisotopic (exact) mass is 306 g/mol. The standard InChI is InChI=1S/C17H23Br/c1-11-4-12(2)16(13(3)5-11)9-17(10-18)7-14-6-15(14)8-17/h4-5,14-15H,6-10H2,1-3H3. The third-order valence-corrected chi connectivity index (χ3v) is 6.32. The zero-order valence-electron chi connectivity index (χ0n) is 11.7. The van der Waals surface area contributed by atoms with Gasteiger partial charge in [-0.15, -0.1) is 0 Å². The molecule has 1 aromatic rings. The topological polar surface area (TPSA) is 0 Å².